The number of hydrogen-bond acceptors (Lipinski definition) is 3. The molecule has 0 saturated heterocycles. The van der Waals surface area contributed by atoms with Gasteiger partial charge in [-0.3, -0.25) is 0 Å². The van der Waals surface area contributed by atoms with E-state index in [1.165, 1.54) is 0 Å². The quantitative estimate of drug-likeness (QED) is 0.704. The van der Waals surface area contributed by atoms with Gasteiger partial charge in [0.1, 0.15) is 6.61 Å². The first-order valence-electron chi connectivity index (χ1n) is 5.05. The summed E-state index contributed by atoms with van der Waals surface area (Å²) < 4.78 is 10.6. The zero-order valence-corrected chi connectivity index (χ0v) is 9.99. The number of hydrogen-bond donors (Lipinski definition) is 0. The minimum Gasteiger partial charge on any atom is -0.493 e. The summed E-state index contributed by atoms with van der Waals surface area (Å²) in [6, 6.07) is 5.86. The highest BCUT2D eigenvalue weighted by Gasteiger charge is 2.05. The largest absolute Gasteiger partial charge is 0.493 e. The molecule has 0 unspecified atom stereocenters. The summed E-state index contributed by atoms with van der Waals surface area (Å²) in [6.07, 6.45) is 5.16. The molecule has 3 heteroatoms. The van der Waals surface area contributed by atoms with Crippen LogP contribution >= 0.6 is 0 Å². The van der Waals surface area contributed by atoms with Crippen LogP contribution in [0, 0.1) is 12.3 Å². The fraction of sp³-hybridized carbons (Fsp3) is 0.385. The predicted molar refractivity (Wildman–Crippen MR) is 64.7 cm³/mol. The lowest BCUT2D eigenvalue weighted by molar-refractivity contribution is 0.329. The first-order chi connectivity index (χ1) is 7.67. The van der Waals surface area contributed by atoms with E-state index in [1.807, 2.05) is 32.3 Å². The van der Waals surface area contributed by atoms with Crippen molar-refractivity contribution >= 4 is 0 Å². The van der Waals surface area contributed by atoms with Gasteiger partial charge in [-0.05, 0) is 31.8 Å². The van der Waals surface area contributed by atoms with Gasteiger partial charge in [0, 0.05) is 6.54 Å². The van der Waals surface area contributed by atoms with Gasteiger partial charge in [0.05, 0.1) is 7.11 Å². The molecule has 16 heavy (non-hydrogen) atoms. The Labute approximate surface area is 97.0 Å². The average Bonchev–Trinajstić information content (AvgIpc) is 2.25. The number of terminal acetylenes is 1. The van der Waals surface area contributed by atoms with Crippen LogP contribution in [0.25, 0.3) is 0 Å². The second-order valence-corrected chi connectivity index (χ2v) is 3.72. The second-order valence-electron chi connectivity index (χ2n) is 3.72. The third-order valence-electron chi connectivity index (χ3n) is 2.04. The van der Waals surface area contributed by atoms with Crippen LogP contribution in [0.4, 0.5) is 0 Å². The van der Waals surface area contributed by atoms with Gasteiger partial charge in [-0.15, -0.1) is 6.42 Å². The zero-order valence-electron chi connectivity index (χ0n) is 9.99. The van der Waals surface area contributed by atoms with Gasteiger partial charge in [-0.1, -0.05) is 12.0 Å². The van der Waals surface area contributed by atoms with Crippen LogP contribution < -0.4 is 9.47 Å². The van der Waals surface area contributed by atoms with Crippen molar-refractivity contribution in [3.8, 4) is 23.8 Å². The van der Waals surface area contributed by atoms with Gasteiger partial charge in [0.2, 0.25) is 0 Å². The first-order valence-corrected chi connectivity index (χ1v) is 5.05. The van der Waals surface area contributed by atoms with Crippen LogP contribution in [-0.4, -0.2) is 32.7 Å². The Hall–Kier alpha value is -1.66. The van der Waals surface area contributed by atoms with E-state index >= 15 is 0 Å². The Kier molecular flexibility index (Phi) is 4.68. The molecule has 0 spiro atoms. The normalized spacial score (nSPS) is 9.94. The fourth-order valence-electron chi connectivity index (χ4n) is 1.42. The molecule has 0 amide bonds. The fourth-order valence-corrected chi connectivity index (χ4v) is 1.42. The SMILES string of the molecule is C#CCOc1cc(CN(C)C)ccc1OC. The molecule has 1 aromatic carbocycles. The van der Waals surface area contributed by atoms with E-state index < -0.39 is 0 Å². The maximum Gasteiger partial charge on any atom is 0.162 e. The molecule has 1 rings (SSSR count). The minimum atomic E-state index is 0.252. The summed E-state index contributed by atoms with van der Waals surface area (Å²) in [4.78, 5) is 2.09. The molecule has 0 N–H and O–H groups in total. The molecule has 0 saturated carbocycles. The van der Waals surface area contributed by atoms with Gasteiger partial charge in [-0.25, -0.2) is 0 Å². The Morgan fingerprint density at radius 3 is 2.62 bits per heavy atom. The Balaban J connectivity index is 2.88. The smallest absolute Gasteiger partial charge is 0.162 e. The van der Waals surface area contributed by atoms with Crippen LogP contribution in [0.1, 0.15) is 5.56 Å². The third-order valence-corrected chi connectivity index (χ3v) is 2.04. The Morgan fingerprint density at radius 1 is 1.31 bits per heavy atom. The highest BCUT2D eigenvalue weighted by molar-refractivity contribution is 5.43. The highest BCUT2D eigenvalue weighted by atomic mass is 16.5. The van der Waals surface area contributed by atoms with Crippen molar-refractivity contribution in [1.29, 1.82) is 0 Å². The molecule has 1 aromatic rings. The summed E-state index contributed by atoms with van der Waals surface area (Å²) in [5, 5.41) is 0. The van der Waals surface area contributed by atoms with E-state index in [2.05, 4.69) is 10.8 Å². The topological polar surface area (TPSA) is 21.7 Å². The minimum absolute atomic E-state index is 0.252. The summed E-state index contributed by atoms with van der Waals surface area (Å²) in [7, 11) is 5.65. The molecular formula is C13H17NO2. The molecule has 0 radical (unpaired) electrons. The number of nitrogens with zero attached hydrogens (tertiary/aromatic N) is 1. The summed E-state index contributed by atoms with van der Waals surface area (Å²) >= 11 is 0. The molecule has 0 aliphatic carbocycles. The maximum atomic E-state index is 5.42. The van der Waals surface area contributed by atoms with Gasteiger partial charge in [0.25, 0.3) is 0 Å². The maximum absolute atomic E-state index is 5.42. The average molecular weight is 219 g/mol. The number of ether oxygens (including phenoxy) is 2. The summed E-state index contributed by atoms with van der Waals surface area (Å²) in [6.45, 7) is 1.11. The standard InChI is InChI=1S/C13H17NO2/c1-5-8-16-13-9-11(10-14(2)3)6-7-12(13)15-4/h1,6-7,9H,8,10H2,2-4H3. The first kappa shape index (κ1) is 12.4. The number of benzene rings is 1. The lowest BCUT2D eigenvalue weighted by Gasteiger charge is -2.13. The molecule has 86 valence electrons. The van der Waals surface area contributed by atoms with Crippen molar-refractivity contribution in [3.05, 3.63) is 23.8 Å². The lowest BCUT2D eigenvalue weighted by Crippen LogP contribution is -2.10. The van der Waals surface area contributed by atoms with Crippen LogP contribution in [0.5, 0.6) is 11.5 Å². The second kappa shape index (κ2) is 6.04. The Bertz CT molecular complexity index is 380. The van der Waals surface area contributed by atoms with E-state index in [4.69, 9.17) is 15.9 Å². The van der Waals surface area contributed by atoms with Gasteiger partial charge in [-0.2, -0.15) is 0 Å². The van der Waals surface area contributed by atoms with Crippen molar-refractivity contribution in [3.63, 3.8) is 0 Å². The van der Waals surface area contributed by atoms with Crippen LogP contribution in [0.3, 0.4) is 0 Å². The van der Waals surface area contributed by atoms with Crippen LogP contribution in [-0.2, 0) is 6.54 Å². The van der Waals surface area contributed by atoms with Crippen LogP contribution in [0.2, 0.25) is 0 Å². The number of methoxy groups -OCH3 is 1. The van der Waals surface area contributed by atoms with Crippen molar-refractivity contribution in [2.24, 2.45) is 0 Å². The van der Waals surface area contributed by atoms with Crippen LogP contribution in [0.15, 0.2) is 18.2 Å². The van der Waals surface area contributed by atoms with Crippen molar-refractivity contribution < 1.29 is 9.47 Å². The van der Waals surface area contributed by atoms with E-state index in [0.717, 1.165) is 12.1 Å². The molecule has 0 bridgehead atoms. The molecule has 0 aliphatic heterocycles. The monoisotopic (exact) mass is 219 g/mol. The van der Waals surface area contributed by atoms with Gasteiger partial charge >= 0.3 is 0 Å². The molecule has 3 nitrogen and oxygen atoms in total. The molecule has 0 heterocycles. The van der Waals surface area contributed by atoms with Gasteiger partial charge < -0.3 is 14.4 Å². The van der Waals surface area contributed by atoms with E-state index in [0.29, 0.717) is 11.5 Å². The summed E-state index contributed by atoms with van der Waals surface area (Å²) in [5.41, 5.74) is 1.16. The lowest BCUT2D eigenvalue weighted by atomic mass is 10.2. The van der Waals surface area contributed by atoms with Gasteiger partial charge in [0.15, 0.2) is 11.5 Å². The molecule has 0 aromatic heterocycles. The summed E-state index contributed by atoms with van der Waals surface area (Å²) in [5.74, 6) is 3.84. The van der Waals surface area contributed by atoms with Crippen molar-refractivity contribution in [2.75, 3.05) is 27.8 Å². The third kappa shape index (κ3) is 3.48. The zero-order chi connectivity index (χ0) is 12.0. The molecular weight excluding hydrogens is 202 g/mol. The van der Waals surface area contributed by atoms with E-state index in [9.17, 15) is 0 Å². The van der Waals surface area contributed by atoms with Crippen molar-refractivity contribution in [1.82, 2.24) is 4.90 Å². The molecule has 0 aliphatic rings. The van der Waals surface area contributed by atoms with Crippen molar-refractivity contribution in [2.45, 2.75) is 6.54 Å². The molecule has 0 fully saturated rings. The Morgan fingerprint density at radius 2 is 2.06 bits per heavy atom. The highest BCUT2D eigenvalue weighted by Crippen LogP contribution is 2.28. The molecule has 0 atom stereocenters. The van der Waals surface area contributed by atoms with E-state index in [1.54, 1.807) is 7.11 Å². The predicted octanol–water partition coefficient (Wildman–Crippen LogP) is 1.77. The number of rotatable bonds is 5. The van der Waals surface area contributed by atoms with E-state index in [-0.39, 0.29) is 6.61 Å².